The largest absolute Gasteiger partial charge is 0.0884 e. The van der Waals surface area contributed by atoms with Gasteiger partial charge in [0.2, 0.25) is 0 Å². The monoisotopic (exact) mass is 294 g/mol. The van der Waals surface area contributed by atoms with Crippen molar-refractivity contribution in [1.29, 1.82) is 0 Å². The minimum absolute atomic E-state index is 0.686. The van der Waals surface area contributed by atoms with Crippen molar-refractivity contribution < 1.29 is 0 Å². The van der Waals surface area contributed by atoms with Crippen LogP contribution in [0.1, 0.15) is 56.6 Å². The van der Waals surface area contributed by atoms with E-state index in [9.17, 15) is 0 Å². The Balaban J connectivity index is 2.14. The molecular weight excluding hydrogens is 272 g/mol. The van der Waals surface area contributed by atoms with Crippen LogP contribution in [0, 0.1) is 5.92 Å². The molecule has 0 saturated heterocycles. The minimum Gasteiger partial charge on any atom is -0.0884 e. The van der Waals surface area contributed by atoms with Crippen molar-refractivity contribution in [3.8, 4) is 0 Å². The Labute approximate surface area is 114 Å². The number of halogens is 1. The van der Waals surface area contributed by atoms with Gasteiger partial charge in [-0.15, -0.1) is 0 Å². The Kier molecular flexibility index (Phi) is 4.67. The molecule has 0 bridgehead atoms. The molecule has 94 valence electrons. The van der Waals surface area contributed by atoms with E-state index in [4.69, 9.17) is 0 Å². The normalized spacial score (nSPS) is 25.2. The molecule has 0 radical (unpaired) electrons. The summed E-state index contributed by atoms with van der Waals surface area (Å²) in [6, 6.07) is 9.26. The number of rotatable bonds is 3. The van der Waals surface area contributed by atoms with Crippen LogP contribution in [-0.4, -0.2) is 4.83 Å². The molecular formula is C16H23Br. The maximum atomic E-state index is 3.87. The molecule has 1 aromatic carbocycles. The molecule has 1 saturated carbocycles. The van der Waals surface area contributed by atoms with E-state index in [1.165, 1.54) is 37.7 Å². The molecule has 1 fully saturated rings. The van der Waals surface area contributed by atoms with Gasteiger partial charge < -0.3 is 0 Å². The highest BCUT2D eigenvalue weighted by molar-refractivity contribution is 9.09. The molecule has 2 rings (SSSR count). The lowest BCUT2D eigenvalue weighted by molar-refractivity contribution is 0.460. The maximum Gasteiger partial charge on any atom is 0.0214 e. The summed E-state index contributed by atoms with van der Waals surface area (Å²) in [6.45, 7) is 4.58. The summed E-state index contributed by atoms with van der Waals surface area (Å²) in [5, 5.41) is 0. The van der Waals surface area contributed by atoms with Gasteiger partial charge in [-0.3, -0.25) is 0 Å². The number of alkyl halides is 1. The van der Waals surface area contributed by atoms with Crippen molar-refractivity contribution in [2.24, 2.45) is 5.92 Å². The van der Waals surface area contributed by atoms with Crippen LogP contribution in [0.4, 0.5) is 0 Å². The number of hydrogen-bond donors (Lipinski definition) is 0. The number of benzene rings is 1. The smallest absolute Gasteiger partial charge is 0.0214 e. The lowest BCUT2D eigenvalue weighted by atomic mass is 9.83. The van der Waals surface area contributed by atoms with Crippen molar-refractivity contribution in [3.05, 3.63) is 35.4 Å². The molecule has 0 amide bonds. The summed E-state index contributed by atoms with van der Waals surface area (Å²) in [5.74, 6) is 1.48. The summed E-state index contributed by atoms with van der Waals surface area (Å²) in [4.78, 5) is 0.686. The van der Waals surface area contributed by atoms with E-state index in [0.717, 1.165) is 11.8 Å². The van der Waals surface area contributed by atoms with Gasteiger partial charge >= 0.3 is 0 Å². The fourth-order valence-electron chi connectivity index (χ4n) is 2.88. The first kappa shape index (κ1) is 13.1. The molecule has 0 aliphatic heterocycles. The first-order valence-electron chi connectivity index (χ1n) is 6.89. The third kappa shape index (κ3) is 3.58. The van der Waals surface area contributed by atoms with Gasteiger partial charge in [-0.25, -0.2) is 0 Å². The van der Waals surface area contributed by atoms with Crippen LogP contribution in [0.2, 0.25) is 0 Å². The minimum atomic E-state index is 0.686. The second-order valence-corrected chi connectivity index (χ2v) is 6.93. The van der Waals surface area contributed by atoms with Gasteiger partial charge in [0, 0.05) is 4.83 Å². The van der Waals surface area contributed by atoms with Crippen LogP contribution in [0.25, 0.3) is 0 Å². The second kappa shape index (κ2) is 6.04. The first-order valence-corrected chi connectivity index (χ1v) is 7.81. The molecule has 1 aliphatic rings. The van der Waals surface area contributed by atoms with E-state index in [1.54, 1.807) is 5.56 Å². The van der Waals surface area contributed by atoms with Gasteiger partial charge in [-0.05, 0) is 42.2 Å². The van der Waals surface area contributed by atoms with Crippen molar-refractivity contribution in [2.45, 2.75) is 56.7 Å². The zero-order valence-corrected chi connectivity index (χ0v) is 12.5. The zero-order valence-electron chi connectivity index (χ0n) is 11.0. The highest BCUT2D eigenvalue weighted by Gasteiger charge is 2.24. The van der Waals surface area contributed by atoms with Gasteiger partial charge in [0.25, 0.3) is 0 Å². The summed E-state index contributed by atoms with van der Waals surface area (Å²) < 4.78 is 0. The Morgan fingerprint density at radius 2 is 2.00 bits per heavy atom. The van der Waals surface area contributed by atoms with Gasteiger partial charge in [-0.2, -0.15) is 0 Å². The van der Waals surface area contributed by atoms with Gasteiger partial charge in [0.05, 0.1) is 0 Å². The predicted octanol–water partition coefficient (Wildman–Crippen LogP) is 5.31. The molecule has 0 heterocycles. The van der Waals surface area contributed by atoms with E-state index in [0.29, 0.717) is 4.83 Å². The van der Waals surface area contributed by atoms with E-state index in [1.807, 2.05) is 0 Å². The summed E-state index contributed by atoms with van der Waals surface area (Å²) in [6.07, 6.45) is 6.66. The second-order valence-electron chi connectivity index (χ2n) is 5.75. The Morgan fingerprint density at radius 3 is 2.71 bits per heavy atom. The van der Waals surface area contributed by atoms with Crippen molar-refractivity contribution in [1.82, 2.24) is 0 Å². The molecule has 0 N–H and O–H groups in total. The fourth-order valence-corrected chi connectivity index (χ4v) is 3.78. The van der Waals surface area contributed by atoms with Crippen LogP contribution >= 0.6 is 15.9 Å². The van der Waals surface area contributed by atoms with Crippen LogP contribution in [0.3, 0.4) is 0 Å². The van der Waals surface area contributed by atoms with Gasteiger partial charge in [-0.1, -0.05) is 66.9 Å². The van der Waals surface area contributed by atoms with Crippen LogP contribution in [0.15, 0.2) is 24.3 Å². The third-order valence-electron chi connectivity index (χ3n) is 3.70. The molecule has 0 spiro atoms. The van der Waals surface area contributed by atoms with Gasteiger partial charge in [0.15, 0.2) is 0 Å². The Bertz CT molecular complexity index is 356. The van der Waals surface area contributed by atoms with Crippen molar-refractivity contribution in [3.63, 3.8) is 0 Å². The lowest BCUT2D eigenvalue weighted by Crippen LogP contribution is -2.17. The van der Waals surface area contributed by atoms with Crippen LogP contribution in [-0.2, 0) is 6.42 Å². The quantitative estimate of drug-likeness (QED) is 0.663. The SMILES string of the molecule is CC(C)Cc1cccc(C2CCCCC2Br)c1. The topological polar surface area (TPSA) is 0 Å². The van der Waals surface area contributed by atoms with E-state index in [2.05, 4.69) is 54.0 Å². The zero-order chi connectivity index (χ0) is 12.3. The average Bonchev–Trinajstić information content (AvgIpc) is 2.29. The summed E-state index contributed by atoms with van der Waals surface area (Å²) >= 11 is 3.87. The predicted molar refractivity (Wildman–Crippen MR) is 78.9 cm³/mol. The molecule has 1 aliphatic carbocycles. The van der Waals surface area contributed by atoms with Crippen LogP contribution in [0.5, 0.6) is 0 Å². The summed E-state index contributed by atoms with van der Waals surface area (Å²) in [5.41, 5.74) is 3.05. The Hall–Kier alpha value is -0.300. The molecule has 2 atom stereocenters. The molecule has 1 aromatic rings. The molecule has 0 nitrogen and oxygen atoms in total. The highest BCUT2D eigenvalue weighted by atomic mass is 79.9. The first-order chi connectivity index (χ1) is 8.16. The number of hydrogen-bond acceptors (Lipinski definition) is 0. The molecule has 2 unspecified atom stereocenters. The van der Waals surface area contributed by atoms with E-state index >= 15 is 0 Å². The average molecular weight is 295 g/mol. The van der Waals surface area contributed by atoms with Crippen molar-refractivity contribution >= 4 is 15.9 Å². The molecule has 1 heteroatoms. The molecule has 0 aromatic heterocycles. The van der Waals surface area contributed by atoms with Gasteiger partial charge in [0.1, 0.15) is 0 Å². The fraction of sp³-hybridized carbons (Fsp3) is 0.625. The van der Waals surface area contributed by atoms with E-state index in [-0.39, 0.29) is 0 Å². The third-order valence-corrected chi connectivity index (χ3v) is 4.80. The molecule has 17 heavy (non-hydrogen) atoms. The van der Waals surface area contributed by atoms with E-state index < -0.39 is 0 Å². The Morgan fingerprint density at radius 1 is 1.24 bits per heavy atom. The van der Waals surface area contributed by atoms with Crippen LogP contribution < -0.4 is 0 Å². The lowest BCUT2D eigenvalue weighted by Gasteiger charge is -2.28. The maximum absolute atomic E-state index is 3.87. The van der Waals surface area contributed by atoms with Crippen molar-refractivity contribution in [2.75, 3.05) is 0 Å². The standard InChI is InChI=1S/C16H23Br/c1-12(2)10-13-6-5-7-14(11-13)15-8-3-4-9-16(15)17/h5-7,11-12,15-16H,3-4,8-10H2,1-2H3. The summed E-state index contributed by atoms with van der Waals surface area (Å²) in [7, 11) is 0. The highest BCUT2D eigenvalue weighted by Crippen LogP contribution is 2.37.